The summed E-state index contributed by atoms with van der Waals surface area (Å²) in [5.74, 6) is 0.127. The van der Waals surface area contributed by atoms with Crippen molar-refractivity contribution < 1.29 is 9.53 Å². The van der Waals surface area contributed by atoms with Crippen LogP contribution in [0, 0.1) is 6.92 Å². The number of likely N-dealkylation sites (N-methyl/N-ethyl adjacent to an activating group) is 1. The van der Waals surface area contributed by atoms with E-state index in [1.54, 1.807) is 15.9 Å². The number of aryl methyl sites for hydroxylation is 1. The Morgan fingerprint density at radius 2 is 2.16 bits per heavy atom. The highest BCUT2D eigenvalue weighted by Gasteiger charge is 2.23. The van der Waals surface area contributed by atoms with E-state index >= 15 is 0 Å². The Hall–Kier alpha value is -2.25. The number of amides is 1. The number of carbonyl (C=O) groups excluding carboxylic acids is 1. The molecule has 2 heterocycles. The van der Waals surface area contributed by atoms with E-state index in [4.69, 9.17) is 4.74 Å². The minimum Gasteiger partial charge on any atom is -0.374 e. The normalized spacial score (nSPS) is 18.2. The lowest BCUT2D eigenvalue weighted by atomic mass is 10.1. The first-order valence-corrected chi connectivity index (χ1v) is 8.56. The predicted molar refractivity (Wildman–Crippen MR) is 93.9 cm³/mol. The lowest BCUT2D eigenvalue weighted by Gasteiger charge is -2.33. The molecule has 1 amide bonds. The van der Waals surface area contributed by atoms with Crippen LogP contribution < -0.4 is 0 Å². The Labute approximate surface area is 148 Å². The lowest BCUT2D eigenvalue weighted by molar-refractivity contribution is -0.133. The molecular weight excluding hydrogens is 318 g/mol. The van der Waals surface area contributed by atoms with Gasteiger partial charge in [-0.1, -0.05) is 29.8 Å². The average molecular weight is 343 g/mol. The van der Waals surface area contributed by atoms with Crippen molar-refractivity contribution in [2.45, 2.75) is 26.1 Å². The number of hydrogen-bond acceptors (Lipinski definition) is 5. The zero-order valence-electron chi connectivity index (χ0n) is 14.8. The van der Waals surface area contributed by atoms with Crippen molar-refractivity contribution in [3.05, 3.63) is 48.0 Å². The van der Waals surface area contributed by atoms with Crippen LogP contribution in [0.1, 0.15) is 11.1 Å². The first kappa shape index (κ1) is 17.6. The van der Waals surface area contributed by atoms with Crippen LogP contribution in [-0.4, -0.2) is 69.9 Å². The summed E-state index contributed by atoms with van der Waals surface area (Å²) in [6.07, 6.45) is 3.23. The molecule has 1 aliphatic heterocycles. The van der Waals surface area contributed by atoms with Crippen LogP contribution in [0.15, 0.2) is 36.9 Å². The highest BCUT2D eigenvalue weighted by Crippen LogP contribution is 2.09. The average Bonchev–Trinajstić information content (AvgIpc) is 3.10. The quantitative estimate of drug-likeness (QED) is 0.781. The Bertz CT molecular complexity index is 671. The minimum absolute atomic E-state index is 0.0330. The zero-order valence-corrected chi connectivity index (χ0v) is 14.8. The molecule has 1 fully saturated rings. The Morgan fingerprint density at radius 1 is 1.36 bits per heavy atom. The molecule has 0 saturated carbocycles. The number of aromatic nitrogens is 3. The van der Waals surface area contributed by atoms with Gasteiger partial charge in [-0.15, -0.1) is 0 Å². The van der Waals surface area contributed by atoms with Crippen LogP contribution >= 0.6 is 0 Å². The van der Waals surface area contributed by atoms with Gasteiger partial charge in [0.2, 0.25) is 5.91 Å². The van der Waals surface area contributed by atoms with Crippen LogP contribution in [0.25, 0.3) is 0 Å². The number of morpholine rings is 1. The summed E-state index contributed by atoms with van der Waals surface area (Å²) in [5, 5.41) is 4.11. The van der Waals surface area contributed by atoms with Crippen LogP contribution in [0.2, 0.25) is 0 Å². The van der Waals surface area contributed by atoms with Crippen LogP contribution in [0.4, 0.5) is 0 Å². The van der Waals surface area contributed by atoms with Crippen molar-refractivity contribution >= 4 is 5.91 Å². The summed E-state index contributed by atoms with van der Waals surface area (Å²) in [6.45, 7) is 5.90. The molecule has 1 atom stereocenters. The van der Waals surface area contributed by atoms with Crippen molar-refractivity contribution in [1.82, 2.24) is 24.6 Å². The molecule has 1 aromatic carbocycles. The fourth-order valence-electron chi connectivity index (χ4n) is 2.94. The largest absolute Gasteiger partial charge is 0.374 e. The third-order valence-electron chi connectivity index (χ3n) is 4.41. The number of carbonyl (C=O) groups is 1. The molecule has 3 rings (SSSR count). The summed E-state index contributed by atoms with van der Waals surface area (Å²) in [7, 11) is 1.86. The van der Waals surface area contributed by atoms with Crippen LogP contribution in [0.3, 0.4) is 0 Å². The molecule has 2 aromatic rings. The van der Waals surface area contributed by atoms with E-state index in [2.05, 4.69) is 46.2 Å². The van der Waals surface area contributed by atoms with E-state index in [0.29, 0.717) is 26.2 Å². The van der Waals surface area contributed by atoms with E-state index in [1.807, 2.05) is 7.05 Å². The molecule has 7 nitrogen and oxygen atoms in total. The summed E-state index contributed by atoms with van der Waals surface area (Å²) in [5.41, 5.74) is 2.37. The monoisotopic (exact) mass is 343 g/mol. The van der Waals surface area contributed by atoms with Gasteiger partial charge >= 0.3 is 0 Å². The molecule has 1 aromatic heterocycles. The topological polar surface area (TPSA) is 63.5 Å². The van der Waals surface area contributed by atoms with Gasteiger partial charge in [-0.25, -0.2) is 4.98 Å². The fourth-order valence-corrected chi connectivity index (χ4v) is 2.94. The second-order valence-corrected chi connectivity index (χ2v) is 6.58. The van der Waals surface area contributed by atoms with Crippen molar-refractivity contribution in [2.24, 2.45) is 0 Å². The third kappa shape index (κ3) is 5.11. The molecule has 0 spiro atoms. The van der Waals surface area contributed by atoms with Crippen molar-refractivity contribution in [2.75, 3.05) is 33.3 Å². The predicted octanol–water partition coefficient (Wildman–Crippen LogP) is 0.946. The van der Waals surface area contributed by atoms with Gasteiger partial charge in [0.15, 0.2) is 0 Å². The van der Waals surface area contributed by atoms with Crippen LogP contribution in [-0.2, 0) is 22.6 Å². The summed E-state index contributed by atoms with van der Waals surface area (Å²) in [4.78, 5) is 20.4. The molecule has 7 heteroatoms. The molecular formula is C18H25N5O2. The minimum atomic E-state index is 0.0330. The summed E-state index contributed by atoms with van der Waals surface area (Å²) >= 11 is 0. The van der Waals surface area contributed by atoms with Gasteiger partial charge in [-0.2, -0.15) is 5.10 Å². The molecule has 25 heavy (non-hydrogen) atoms. The maximum atomic E-state index is 12.5. The van der Waals surface area contributed by atoms with Gasteiger partial charge in [0.05, 0.1) is 25.8 Å². The van der Waals surface area contributed by atoms with E-state index < -0.39 is 0 Å². The zero-order chi connectivity index (χ0) is 17.6. The van der Waals surface area contributed by atoms with E-state index in [9.17, 15) is 4.79 Å². The van der Waals surface area contributed by atoms with Crippen molar-refractivity contribution in [3.8, 4) is 0 Å². The Kier molecular flexibility index (Phi) is 5.78. The number of nitrogens with zero attached hydrogens (tertiary/aromatic N) is 5. The summed E-state index contributed by atoms with van der Waals surface area (Å²) < 4.78 is 7.54. The Morgan fingerprint density at radius 3 is 2.88 bits per heavy atom. The van der Waals surface area contributed by atoms with Gasteiger partial charge in [0.1, 0.15) is 12.7 Å². The number of rotatable bonds is 6. The molecule has 0 radical (unpaired) electrons. The number of ether oxygens (including phenoxy) is 1. The van der Waals surface area contributed by atoms with Crippen molar-refractivity contribution in [1.29, 1.82) is 0 Å². The maximum absolute atomic E-state index is 12.5. The van der Waals surface area contributed by atoms with E-state index in [1.165, 1.54) is 11.9 Å². The highest BCUT2D eigenvalue weighted by atomic mass is 16.5. The number of benzene rings is 1. The van der Waals surface area contributed by atoms with Crippen LogP contribution in [0.5, 0.6) is 0 Å². The lowest BCUT2D eigenvalue weighted by Crippen LogP contribution is -2.48. The first-order valence-electron chi connectivity index (χ1n) is 8.56. The second-order valence-electron chi connectivity index (χ2n) is 6.58. The van der Waals surface area contributed by atoms with Gasteiger partial charge in [-0.3, -0.25) is 14.4 Å². The SMILES string of the molecule is Cc1ccc(CN(C)C(=O)CN2CCOC(Cn3cncn3)C2)cc1. The van der Waals surface area contributed by atoms with Gasteiger partial charge in [0, 0.05) is 26.7 Å². The molecule has 1 saturated heterocycles. The van der Waals surface area contributed by atoms with E-state index in [0.717, 1.165) is 18.7 Å². The molecule has 1 unspecified atom stereocenters. The van der Waals surface area contributed by atoms with Gasteiger partial charge in [0.25, 0.3) is 0 Å². The highest BCUT2D eigenvalue weighted by molar-refractivity contribution is 5.78. The molecule has 0 aliphatic carbocycles. The van der Waals surface area contributed by atoms with Gasteiger partial charge < -0.3 is 9.64 Å². The molecule has 134 valence electrons. The van der Waals surface area contributed by atoms with E-state index in [-0.39, 0.29) is 12.0 Å². The molecule has 1 aliphatic rings. The summed E-state index contributed by atoms with van der Waals surface area (Å²) in [6, 6.07) is 8.29. The van der Waals surface area contributed by atoms with Gasteiger partial charge in [-0.05, 0) is 12.5 Å². The maximum Gasteiger partial charge on any atom is 0.236 e. The second kappa shape index (κ2) is 8.22. The standard InChI is InChI=1S/C18H25N5O2/c1-15-3-5-16(6-4-15)9-21(2)18(24)12-22-7-8-25-17(10-22)11-23-14-19-13-20-23/h3-6,13-14,17H,7-12H2,1-2H3. The Balaban J connectivity index is 1.48. The third-order valence-corrected chi connectivity index (χ3v) is 4.41. The molecule has 0 N–H and O–H groups in total. The van der Waals surface area contributed by atoms with Crippen molar-refractivity contribution in [3.63, 3.8) is 0 Å². The molecule has 0 bridgehead atoms. The smallest absolute Gasteiger partial charge is 0.236 e. The fraction of sp³-hybridized carbons (Fsp3) is 0.500. The number of hydrogen-bond donors (Lipinski definition) is 0. The first-order chi connectivity index (χ1) is 12.1.